The molecular formula is C13H20ClN3O2S. The van der Waals surface area contributed by atoms with Crippen molar-refractivity contribution in [2.75, 3.05) is 43.9 Å². The van der Waals surface area contributed by atoms with Gasteiger partial charge in [0.1, 0.15) is 0 Å². The Hall–Kier alpha value is -0.820. The van der Waals surface area contributed by atoms with E-state index in [0.29, 0.717) is 37.7 Å². The molecule has 1 aliphatic heterocycles. The van der Waals surface area contributed by atoms with E-state index >= 15 is 0 Å². The first kappa shape index (κ1) is 15.6. The topological polar surface area (TPSA) is 66.6 Å². The lowest BCUT2D eigenvalue weighted by atomic mass is 10.1. The van der Waals surface area contributed by atoms with Gasteiger partial charge >= 0.3 is 0 Å². The second kappa shape index (κ2) is 6.30. The van der Waals surface area contributed by atoms with Crippen LogP contribution in [-0.4, -0.2) is 51.7 Å². The zero-order chi connectivity index (χ0) is 14.8. The molecule has 20 heavy (non-hydrogen) atoms. The largest absolute Gasteiger partial charge is 0.369 e. The Morgan fingerprint density at radius 3 is 2.45 bits per heavy atom. The van der Waals surface area contributed by atoms with Gasteiger partial charge in [0.2, 0.25) is 10.0 Å². The van der Waals surface area contributed by atoms with E-state index in [1.807, 2.05) is 18.2 Å². The van der Waals surface area contributed by atoms with Gasteiger partial charge in [-0.25, -0.2) is 8.42 Å². The predicted octanol–water partition coefficient (Wildman–Crippen LogP) is 0.923. The molecule has 1 saturated heterocycles. The van der Waals surface area contributed by atoms with Crippen molar-refractivity contribution in [1.29, 1.82) is 0 Å². The lowest BCUT2D eigenvalue weighted by Gasteiger charge is -2.35. The molecule has 1 aliphatic rings. The second-order valence-electron chi connectivity index (χ2n) is 4.96. The third-order valence-corrected chi connectivity index (χ3v) is 5.05. The number of hydrogen-bond acceptors (Lipinski definition) is 4. The summed E-state index contributed by atoms with van der Waals surface area (Å²) < 4.78 is 24.6. The summed E-state index contributed by atoms with van der Waals surface area (Å²) in [4.78, 5) is 2.18. The number of hydrogen-bond donors (Lipinski definition) is 1. The van der Waals surface area contributed by atoms with Crippen LogP contribution in [0.5, 0.6) is 0 Å². The molecule has 1 heterocycles. The Kier molecular flexibility index (Phi) is 4.90. The Bertz CT molecular complexity index is 569. The van der Waals surface area contributed by atoms with Crippen molar-refractivity contribution in [3.63, 3.8) is 0 Å². The van der Waals surface area contributed by atoms with Gasteiger partial charge in [0.05, 0.1) is 6.26 Å². The highest BCUT2D eigenvalue weighted by Gasteiger charge is 2.24. The van der Waals surface area contributed by atoms with Crippen LogP contribution in [0.2, 0.25) is 5.02 Å². The Morgan fingerprint density at radius 2 is 1.90 bits per heavy atom. The van der Waals surface area contributed by atoms with Crippen LogP contribution in [0.25, 0.3) is 0 Å². The van der Waals surface area contributed by atoms with Crippen molar-refractivity contribution in [3.05, 3.63) is 28.8 Å². The summed E-state index contributed by atoms with van der Waals surface area (Å²) in [5.41, 5.74) is 7.86. The second-order valence-corrected chi connectivity index (χ2v) is 7.38. The molecule has 0 atom stereocenters. The fourth-order valence-corrected chi connectivity index (χ4v) is 3.45. The van der Waals surface area contributed by atoms with Gasteiger partial charge in [-0.1, -0.05) is 17.7 Å². The van der Waals surface area contributed by atoms with Gasteiger partial charge in [-0.3, -0.25) is 0 Å². The number of rotatable bonds is 4. The number of piperazine rings is 1. The summed E-state index contributed by atoms with van der Waals surface area (Å²) in [5.74, 6) is 0. The number of nitrogens with two attached hydrogens (primary N) is 1. The lowest BCUT2D eigenvalue weighted by molar-refractivity contribution is 0.388. The maximum atomic E-state index is 11.5. The molecule has 0 aromatic heterocycles. The molecule has 0 amide bonds. The minimum atomic E-state index is -3.10. The van der Waals surface area contributed by atoms with Crippen molar-refractivity contribution >= 4 is 27.3 Å². The average molecular weight is 318 g/mol. The molecule has 0 unspecified atom stereocenters. The van der Waals surface area contributed by atoms with Crippen LogP contribution in [0.3, 0.4) is 0 Å². The van der Waals surface area contributed by atoms with Gasteiger partial charge in [-0.2, -0.15) is 4.31 Å². The van der Waals surface area contributed by atoms with Crippen LogP contribution in [0.4, 0.5) is 5.69 Å². The van der Waals surface area contributed by atoms with E-state index in [2.05, 4.69) is 4.90 Å². The van der Waals surface area contributed by atoms with Crippen molar-refractivity contribution < 1.29 is 8.42 Å². The van der Waals surface area contributed by atoms with Crippen LogP contribution in [0.1, 0.15) is 5.56 Å². The summed E-state index contributed by atoms with van der Waals surface area (Å²) in [6.07, 6.45) is 2.04. The molecule has 0 radical (unpaired) electrons. The molecule has 0 spiro atoms. The summed E-state index contributed by atoms with van der Waals surface area (Å²) in [5, 5.41) is 0.686. The Morgan fingerprint density at radius 1 is 1.25 bits per heavy atom. The van der Waals surface area contributed by atoms with E-state index < -0.39 is 10.0 Å². The van der Waals surface area contributed by atoms with Crippen molar-refractivity contribution in [2.24, 2.45) is 5.73 Å². The predicted molar refractivity (Wildman–Crippen MR) is 82.8 cm³/mol. The molecule has 0 bridgehead atoms. The maximum absolute atomic E-state index is 11.5. The van der Waals surface area contributed by atoms with E-state index in [1.165, 1.54) is 10.6 Å². The van der Waals surface area contributed by atoms with E-state index in [0.717, 1.165) is 17.7 Å². The van der Waals surface area contributed by atoms with Crippen LogP contribution < -0.4 is 10.6 Å². The molecule has 1 aromatic rings. The first-order valence-electron chi connectivity index (χ1n) is 6.60. The lowest BCUT2D eigenvalue weighted by Crippen LogP contribution is -2.48. The fourth-order valence-electron chi connectivity index (χ4n) is 2.46. The highest BCUT2D eigenvalue weighted by Crippen LogP contribution is 2.26. The molecular weight excluding hydrogens is 298 g/mol. The number of benzene rings is 1. The smallest absolute Gasteiger partial charge is 0.211 e. The molecule has 112 valence electrons. The molecule has 5 nitrogen and oxygen atoms in total. The standard InChI is InChI=1S/C13H20ClN3O2S/c1-20(18,19)17-8-6-16(7-9-17)13-10-12(14)3-2-11(13)4-5-15/h2-3,10H,4-9,15H2,1H3. The summed E-state index contributed by atoms with van der Waals surface area (Å²) in [6, 6.07) is 5.79. The van der Waals surface area contributed by atoms with Crippen LogP contribution in [-0.2, 0) is 16.4 Å². The number of anilines is 1. The average Bonchev–Trinajstić information content (AvgIpc) is 2.40. The molecule has 0 saturated carbocycles. The molecule has 7 heteroatoms. The minimum Gasteiger partial charge on any atom is -0.369 e. The third-order valence-electron chi connectivity index (χ3n) is 3.51. The van der Waals surface area contributed by atoms with Crippen LogP contribution in [0.15, 0.2) is 18.2 Å². The number of sulfonamides is 1. The summed E-state index contributed by atoms with van der Waals surface area (Å²) in [6.45, 7) is 2.94. The van der Waals surface area contributed by atoms with Gasteiger partial charge in [0.25, 0.3) is 0 Å². The monoisotopic (exact) mass is 317 g/mol. The number of halogens is 1. The van der Waals surface area contributed by atoms with Gasteiger partial charge in [-0.15, -0.1) is 0 Å². The van der Waals surface area contributed by atoms with E-state index in [-0.39, 0.29) is 0 Å². The zero-order valence-corrected chi connectivity index (χ0v) is 13.1. The first-order valence-corrected chi connectivity index (χ1v) is 8.83. The molecule has 1 aromatic carbocycles. The van der Waals surface area contributed by atoms with Gasteiger partial charge in [-0.05, 0) is 30.7 Å². The van der Waals surface area contributed by atoms with Gasteiger partial charge < -0.3 is 10.6 Å². The van der Waals surface area contributed by atoms with Crippen LogP contribution in [0, 0.1) is 0 Å². The molecule has 2 N–H and O–H groups in total. The quantitative estimate of drug-likeness (QED) is 0.897. The summed E-state index contributed by atoms with van der Waals surface area (Å²) >= 11 is 6.07. The Labute approximate surface area is 125 Å². The zero-order valence-electron chi connectivity index (χ0n) is 11.5. The van der Waals surface area contributed by atoms with Crippen molar-refractivity contribution in [1.82, 2.24) is 4.31 Å². The SMILES string of the molecule is CS(=O)(=O)N1CCN(c2cc(Cl)ccc2CCN)CC1. The van der Waals surface area contributed by atoms with Gasteiger partial charge in [0.15, 0.2) is 0 Å². The maximum Gasteiger partial charge on any atom is 0.211 e. The van der Waals surface area contributed by atoms with E-state index in [4.69, 9.17) is 17.3 Å². The minimum absolute atomic E-state index is 0.507. The fraction of sp³-hybridized carbons (Fsp3) is 0.538. The van der Waals surface area contributed by atoms with Crippen molar-refractivity contribution in [2.45, 2.75) is 6.42 Å². The Balaban J connectivity index is 2.16. The van der Waals surface area contributed by atoms with Crippen LogP contribution >= 0.6 is 11.6 Å². The summed E-state index contributed by atoms with van der Waals surface area (Å²) in [7, 11) is -3.10. The molecule has 0 aliphatic carbocycles. The normalized spacial score (nSPS) is 17.4. The van der Waals surface area contributed by atoms with Gasteiger partial charge in [0, 0.05) is 36.9 Å². The molecule has 1 fully saturated rings. The third kappa shape index (κ3) is 3.63. The van der Waals surface area contributed by atoms with E-state index in [9.17, 15) is 8.42 Å². The van der Waals surface area contributed by atoms with Crippen molar-refractivity contribution in [3.8, 4) is 0 Å². The van der Waals surface area contributed by atoms with E-state index in [1.54, 1.807) is 0 Å². The first-order chi connectivity index (χ1) is 9.41. The molecule has 2 rings (SSSR count). The highest BCUT2D eigenvalue weighted by molar-refractivity contribution is 7.88. The highest BCUT2D eigenvalue weighted by atomic mass is 35.5. The number of nitrogens with zero attached hydrogens (tertiary/aromatic N) is 2.